The molecule has 0 radical (unpaired) electrons. The zero-order chi connectivity index (χ0) is 11.5. The van der Waals surface area contributed by atoms with Crippen molar-refractivity contribution < 1.29 is 9.90 Å². The van der Waals surface area contributed by atoms with Crippen molar-refractivity contribution in [2.24, 2.45) is 5.92 Å². The molecule has 1 aliphatic rings. The summed E-state index contributed by atoms with van der Waals surface area (Å²) in [6.07, 6.45) is 1.58. The largest absolute Gasteiger partial charge is 0.480 e. The van der Waals surface area contributed by atoms with Gasteiger partial charge >= 0.3 is 5.97 Å². The van der Waals surface area contributed by atoms with E-state index in [2.05, 4.69) is 5.32 Å². The quantitative estimate of drug-likeness (QED) is 0.848. The number of aliphatic carboxylic acids is 1. The first-order chi connectivity index (χ1) is 7.65. The van der Waals surface area contributed by atoms with Gasteiger partial charge in [-0.3, -0.25) is 4.79 Å². The van der Waals surface area contributed by atoms with Gasteiger partial charge in [0.25, 0.3) is 0 Å². The molecule has 16 heavy (non-hydrogen) atoms. The lowest BCUT2D eigenvalue weighted by atomic mass is 9.97. The van der Waals surface area contributed by atoms with Gasteiger partial charge in [-0.15, -0.1) is 0 Å². The van der Waals surface area contributed by atoms with Crippen molar-refractivity contribution >= 4 is 17.6 Å². The minimum atomic E-state index is -0.756. The van der Waals surface area contributed by atoms with Crippen LogP contribution in [0.3, 0.4) is 0 Å². The highest BCUT2D eigenvalue weighted by atomic mass is 35.5. The minimum Gasteiger partial charge on any atom is -0.480 e. The number of carboxylic acid groups (broad SMARTS) is 1. The molecule has 0 aliphatic carbocycles. The number of nitrogens with one attached hydrogen (secondary N) is 1. The third-order valence-corrected chi connectivity index (χ3v) is 3.17. The Hall–Kier alpha value is -1.06. The molecule has 1 fully saturated rings. The van der Waals surface area contributed by atoms with Crippen molar-refractivity contribution in [3.05, 3.63) is 34.9 Å². The maximum absolute atomic E-state index is 10.8. The fourth-order valence-electron chi connectivity index (χ4n) is 2.15. The molecule has 0 saturated carbocycles. The molecule has 4 heteroatoms. The maximum atomic E-state index is 10.8. The number of benzene rings is 1. The van der Waals surface area contributed by atoms with Crippen LogP contribution in [0.25, 0.3) is 0 Å². The van der Waals surface area contributed by atoms with Crippen LogP contribution in [0.2, 0.25) is 5.02 Å². The van der Waals surface area contributed by atoms with E-state index >= 15 is 0 Å². The lowest BCUT2D eigenvalue weighted by molar-refractivity contribution is -0.139. The van der Waals surface area contributed by atoms with Gasteiger partial charge in [0.05, 0.1) is 0 Å². The average molecular weight is 240 g/mol. The van der Waals surface area contributed by atoms with E-state index in [1.165, 1.54) is 5.56 Å². The molecule has 0 unspecified atom stereocenters. The van der Waals surface area contributed by atoms with Gasteiger partial charge in [0.15, 0.2) is 0 Å². The number of hydrogen-bond donors (Lipinski definition) is 2. The summed E-state index contributed by atoms with van der Waals surface area (Å²) in [5, 5.41) is 12.6. The molecule has 1 saturated heterocycles. The van der Waals surface area contributed by atoms with E-state index in [0.29, 0.717) is 12.3 Å². The second-order valence-electron chi connectivity index (χ2n) is 4.23. The van der Waals surface area contributed by atoms with Crippen LogP contribution in [0.1, 0.15) is 12.0 Å². The third kappa shape index (κ3) is 2.74. The predicted molar refractivity (Wildman–Crippen MR) is 62.7 cm³/mol. The topological polar surface area (TPSA) is 49.3 Å². The van der Waals surface area contributed by atoms with E-state index in [9.17, 15) is 4.79 Å². The Balaban J connectivity index is 1.94. The van der Waals surface area contributed by atoms with Crippen molar-refractivity contribution in [1.29, 1.82) is 0 Å². The van der Waals surface area contributed by atoms with Gasteiger partial charge in [-0.1, -0.05) is 23.7 Å². The molecule has 0 spiro atoms. The van der Waals surface area contributed by atoms with E-state index in [1.54, 1.807) is 0 Å². The first-order valence-electron chi connectivity index (χ1n) is 5.36. The van der Waals surface area contributed by atoms with Gasteiger partial charge in [0.1, 0.15) is 6.04 Å². The first kappa shape index (κ1) is 11.4. The number of carboxylic acids is 1. The Morgan fingerprint density at radius 1 is 1.56 bits per heavy atom. The van der Waals surface area contributed by atoms with Crippen LogP contribution in [0.15, 0.2) is 24.3 Å². The summed E-state index contributed by atoms with van der Waals surface area (Å²) in [7, 11) is 0. The lowest BCUT2D eigenvalue weighted by Gasteiger charge is -2.08. The molecule has 1 heterocycles. The van der Waals surface area contributed by atoms with Crippen molar-refractivity contribution in [3.63, 3.8) is 0 Å². The van der Waals surface area contributed by atoms with E-state index in [1.807, 2.05) is 24.3 Å². The van der Waals surface area contributed by atoms with Crippen LogP contribution in [-0.2, 0) is 11.2 Å². The summed E-state index contributed by atoms with van der Waals surface area (Å²) in [4.78, 5) is 10.8. The molecule has 1 aromatic carbocycles. The summed E-state index contributed by atoms with van der Waals surface area (Å²) in [6.45, 7) is 0.767. The Morgan fingerprint density at radius 2 is 2.38 bits per heavy atom. The summed E-state index contributed by atoms with van der Waals surface area (Å²) < 4.78 is 0. The van der Waals surface area contributed by atoms with Crippen molar-refractivity contribution in [1.82, 2.24) is 5.32 Å². The first-order valence-corrected chi connectivity index (χ1v) is 5.73. The van der Waals surface area contributed by atoms with E-state index in [-0.39, 0.29) is 6.04 Å². The molecule has 2 atom stereocenters. The Bertz CT molecular complexity index is 394. The average Bonchev–Trinajstić information content (AvgIpc) is 2.66. The molecule has 2 N–H and O–H groups in total. The summed E-state index contributed by atoms with van der Waals surface area (Å²) >= 11 is 5.90. The standard InChI is InChI=1S/C12H14ClNO2/c13-10-3-1-2-8(5-10)4-9-6-11(12(15)16)14-7-9/h1-3,5,9,11,14H,4,6-7H2,(H,15,16)/t9-,11-/m0/s1. The van der Waals surface area contributed by atoms with E-state index in [0.717, 1.165) is 18.0 Å². The molecule has 3 nitrogen and oxygen atoms in total. The lowest BCUT2D eigenvalue weighted by Crippen LogP contribution is -2.29. The fraction of sp³-hybridized carbons (Fsp3) is 0.417. The molecular weight excluding hydrogens is 226 g/mol. The zero-order valence-corrected chi connectivity index (χ0v) is 9.57. The second kappa shape index (κ2) is 4.85. The van der Waals surface area contributed by atoms with Gasteiger partial charge in [-0.05, 0) is 43.0 Å². The second-order valence-corrected chi connectivity index (χ2v) is 4.67. The van der Waals surface area contributed by atoms with Crippen molar-refractivity contribution in [3.8, 4) is 0 Å². The van der Waals surface area contributed by atoms with Crippen LogP contribution in [0.4, 0.5) is 0 Å². The molecule has 1 aliphatic heterocycles. The molecule has 1 aromatic rings. The summed E-state index contributed by atoms with van der Waals surface area (Å²) in [5.41, 5.74) is 1.17. The highest BCUT2D eigenvalue weighted by Gasteiger charge is 2.28. The molecule has 86 valence electrons. The highest BCUT2D eigenvalue weighted by Crippen LogP contribution is 2.21. The van der Waals surface area contributed by atoms with Crippen LogP contribution < -0.4 is 5.32 Å². The van der Waals surface area contributed by atoms with Crippen molar-refractivity contribution in [2.75, 3.05) is 6.54 Å². The predicted octanol–water partition coefficient (Wildman–Crippen LogP) is 1.95. The normalized spacial score (nSPS) is 24.6. The van der Waals surface area contributed by atoms with Gasteiger partial charge in [-0.2, -0.15) is 0 Å². The van der Waals surface area contributed by atoms with E-state index < -0.39 is 5.97 Å². The number of rotatable bonds is 3. The molecule has 0 amide bonds. The highest BCUT2D eigenvalue weighted by molar-refractivity contribution is 6.30. The zero-order valence-electron chi connectivity index (χ0n) is 8.82. The fourth-order valence-corrected chi connectivity index (χ4v) is 2.36. The van der Waals surface area contributed by atoms with Crippen LogP contribution in [0.5, 0.6) is 0 Å². The Labute approximate surface area is 99.4 Å². The van der Waals surface area contributed by atoms with Crippen LogP contribution in [0, 0.1) is 5.92 Å². The number of carbonyl (C=O) groups is 1. The molecule has 0 bridgehead atoms. The van der Waals surface area contributed by atoms with Crippen LogP contribution >= 0.6 is 11.6 Å². The van der Waals surface area contributed by atoms with E-state index in [4.69, 9.17) is 16.7 Å². The summed E-state index contributed by atoms with van der Waals surface area (Å²) in [5.74, 6) is -0.367. The van der Waals surface area contributed by atoms with Gasteiger partial charge in [-0.25, -0.2) is 0 Å². The number of hydrogen-bond acceptors (Lipinski definition) is 2. The monoisotopic (exact) mass is 239 g/mol. The third-order valence-electron chi connectivity index (χ3n) is 2.93. The molecular formula is C12H14ClNO2. The maximum Gasteiger partial charge on any atom is 0.320 e. The SMILES string of the molecule is O=C(O)[C@@H]1C[C@H](Cc2cccc(Cl)c2)CN1. The van der Waals surface area contributed by atoms with Gasteiger partial charge in [0.2, 0.25) is 0 Å². The smallest absolute Gasteiger partial charge is 0.320 e. The molecule has 2 rings (SSSR count). The summed E-state index contributed by atoms with van der Waals surface area (Å²) in [6, 6.07) is 7.35. The Morgan fingerprint density at radius 3 is 3.00 bits per heavy atom. The van der Waals surface area contributed by atoms with Crippen molar-refractivity contribution in [2.45, 2.75) is 18.9 Å². The van der Waals surface area contributed by atoms with Gasteiger partial charge < -0.3 is 10.4 Å². The molecule has 0 aromatic heterocycles. The van der Waals surface area contributed by atoms with Gasteiger partial charge in [0, 0.05) is 5.02 Å². The number of halogens is 1. The van der Waals surface area contributed by atoms with Crippen LogP contribution in [-0.4, -0.2) is 23.7 Å². The Kier molecular flexibility index (Phi) is 3.46. The minimum absolute atomic E-state index is 0.385.